The first-order chi connectivity index (χ1) is 31.6. The van der Waals surface area contributed by atoms with Gasteiger partial charge in [0.05, 0.1) is 52.9 Å². The summed E-state index contributed by atoms with van der Waals surface area (Å²) in [6, 6.07) is 31.8. The van der Waals surface area contributed by atoms with Gasteiger partial charge in [0.15, 0.2) is 47.8 Å². The van der Waals surface area contributed by atoms with Crippen LogP contribution in [0.3, 0.4) is 0 Å². The average molecular weight is 939 g/mol. The lowest BCUT2D eigenvalue weighted by molar-refractivity contribution is -0.778. The van der Waals surface area contributed by atoms with Gasteiger partial charge in [-0.05, 0) is 45.8 Å². The van der Waals surface area contributed by atoms with E-state index in [1.165, 1.54) is 0 Å². The first kappa shape index (κ1) is 52.5. The van der Waals surface area contributed by atoms with Crippen LogP contribution in [0.4, 0.5) is 45.9 Å². The third kappa shape index (κ3) is 22.7. The third-order valence-corrected chi connectivity index (χ3v) is 8.76. The maximum atomic E-state index is 9.75. The van der Waals surface area contributed by atoms with Gasteiger partial charge < -0.3 is 83.9 Å². The van der Waals surface area contributed by atoms with Gasteiger partial charge in [-0.25, -0.2) is 0 Å². The normalized spacial score (nSPS) is 14.7. The Kier molecular flexibility index (Phi) is 22.3. The van der Waals surface area contributed by atoms with E-state index < -0.39 is 14.5 Å². The number of nitrogens with two attached hydrogens (primary N) is 2. The Morgan fingerprint density at radius 1 is 0.364 bits per heavy atom. The van der Waals surface area contributed by atoms with Gasteiger partial charge in [-0.1, -0.05) is 48.5 Å². The molecule has 358 valence electrons. The molecule has 66 heavy (non-hydrogen) atoms. The number of pyridine rings is 2. The van der Waals surface area contributed by atoms with Crippen molar-refractivity contribution in [2.75, 3.05) is 90.7 Å². The highest BCUT2D eigenvalue weighted by Crippen LogP contribution is 2.34. The van der Waals surface area contributed by atoms with Gasteiger partial charge in [0.1, 0.15) is 26.4 Å². The minimum absolute atomic E-state index is 0.399. The topological polar surface area (TPSA) is 134 Å². The molecule has 0 saturated heterocycles. The van der Waals surface area contributed by atoms with E-state index in [1.807, 2.05) is 97.6 Å². The minimum atomic E-state index is -6.00. The summed E-state index contributed by atoms with van der Waals surface area (Å²) in [5, 5.41) is 4.34. The predicted molar refractivity (Wildman–Crippen MR) is 236 cm³/mol. The van der Waals surface area contributed by atoms with Crippen molar-refractivity contribution < 1.29 is 81.6 Å². The van der Waals surface area contributed by atoms with Crippen LogP contribution in [0.1, 0.15) is 0 Å². The molecule has 12 nitrogen and oxygen atoms in total. The molecule has 0 amide bonds. The van der Waals surface area contributed by atoms with E-state index in [1.54, 1.807) is 0 Å². The van der Waals surface area contributed by atoms with E-state index in [9.17, 15) is 34.5 Å². The maximum Gasteiger partial charge on any atom is 0.673 e. The van der Waals surface area contributed by atoms with Crippen LogP contribution in [0.5, 0.6) is 23.0 Å². The molecule has 0 saturated carbocycles. The van der Waals surface area contributed by atoms with Gasteiger partial charge in [-0.2, -0.15) is 9.13 Å². The molecule has 0 unspecified atom stereocenters. The largest absolute Gasteiger partial charge is 0.673 e. The summed E-state index contributed by atoms with van der Waals surface area (Å²) in [7, 11) is -12.0. The Morgan fingerprint density at radius 3 is 0.803 bits per heavy atom. The summed E-state index contributed by atoms with van der Waals surface area (Å²) in [4.78, 5) is 0. The zero-order valence-electron chi connectivity index (χ0n) is 35.9. The molecule has 0 spiro atoms. The molecule has 7 rings (SSSR count). The second kappa shape index (κ2) is 28.1. The molecule has 0 fully saturated rings. The fraction of sp³-hybridized carbons (Fsp3) is 0.318. The first-order valence-electron chi connectivity index (χ1n) is 20.7. The summed E-state index contributed by atoms with van der Waals surface area (Å²) >= 11 is 0. The number of ether oxygens (including phenoxy) is 8. The van der Waals surface area contributed by atoms with Gasteiger partial charge in [0.25, 0.3) is 0 Å². The Bertz CT molecular complexity index is 2030. The predicted octanol–water partition coefficient (Wildman–Crippen LogP) is 8.01. The van der Waals surface area contributed by atoms with Crippen molar-refractivity contribution in [2.24, 2.45) is 0 Å². The zero-order valence-corrected chi connectivity index (χ0v) is 35.9. The maximum absolute atomic E-state index is 9.75. The second-order valence-electron chi connectivity index (χ2n) is 13.9. The number of rotatable bonds is 3. The van der Waals surface area contributed by atoms with Crippen molar-refractivity contribution in [1.82, 2.24) is 0 Å². The van der Waals surface area contributed by atoms with Crippen molar-refractivity contribution in [2.45, 2.75) is 13.1 Å². The summed E-state index contributed by atoms with van der Waals surface area (Å²) in [5.74, 6) is 2.73. The molecule has 22 heteroatoms. The second-order valence-corrected chi connectivity index (χ2v) is 13.9. The number of nitrogen functional groups attached to an aromatic ring is 2. The molecular formula is C44H52B2F8N4O8. The monoisotopic (exact) mass is 938 g/mol. The van der Waals surface area contributed by atoms with Crippen molar-refractivity contribution in [1.29, 1.82) is 0 Å². The fourth-order valence-electron chi connectivity index (χ4n) is 5.80. The lowest BCUT2D eigenvalue weighted by Gasteiger charge is -2.16. The lowest BCUT2D eigenvalue weighted by atomic mass is 10.1. The summed E-state index contributed by atoms with van der Waals surface area (Å²) < 4.78 is 129. The molecule has 6 aromatic rings. The Hall–Kier alpha value is -6.09. The number of fused-ring (bicyclic) bond motifs is 4. The SMILES string of the molecule is F[B-](F)(F)F.F[B-](F)(F)F.Nc1cc[n+](CC[n+]2ccc(N)cc2)cc1.c1ccc2cc3c(cc2c1)OCCOCCOCCOc1cc2ccccc2cc1OCCOCCOCCO3. The highest BCUT2D eigenvalue weighted by molar-refractivity contribution is 6.50. The number of nitrogens with zero attached hydrogens (tertiary/aromatic N) is 2. The van der Waals surface area contributed by atoms with Crippen molar-refractivity contribution >= 4 is 47.4 Å². The molecule has 0 radical (unpaired) electrons. The highest BCUT2D eigenvalue weighted by atomic mass is 19.5. The summed E-state index contributed by atoms with van der Waals surface area (Å²) in [5.41, 5.74) is 12.8. The van der Waals surface area contributed by atoms with Crippen LogP contribution < -0.4 is 39.5 Å². The molecule has 0 atom stereocenters. The minimum Gasteiger partial charge on any atom is -0.487 e. The molecule has 1 aliphatic heterocycles. The van der Waals surface area contributed by atoms with Gasteiger partial charge in [0, 0.05) is 35.6 Å². The van der Waals surface area contributed by atoms with E-state index in [0.29, 0.717) is 102 Å². The van der Waals surface area contributed by atoms with E-state index in [-0.39, 0.29) is 0 Å². The van der Waals surface area contributed by atoms with Crippen LogP contribution in [-0.4, -0.2) is 93.8 Å². The number of hydrogen-bond acceptors (Lipinski definition) is 10. The molecular weight excluding hydrogens is 886 g/mol. The van der Waals surface area contributed by atoms with Gasteiger partial charge >= 0.3 is 14.5 Å². The van der Waals surface area contributed by atoms with Crippen LogP contribution >= 0.6 is 0 Å². The summed E-state index contributed by atoms with van der Waals surface area (Å²) in [6.07, 6.45) is 7.92. The number of anilines is 2. The smallest absolute Gasteiger partial charge is 0.487 e. The highest BCUT2D eigenvalue weighted by Gasteiger charge is 2.21. The standard InChI is InChI=1S/C32H36O8.C12H14N4.2BF4/c1-2-6-26-22-30-29(21-25(26)5-1)37-17-13-33-9-10-35-15-19-39-31-23-27-7-3-4-8-28(27)24-32(31)40-20-16-36-12-11-34-14-18-38-30;13-11-1-5-15(6-2-11)9-10-16-7-3-12(14)4-8-16;2*2-1(3,4)5/h1-8,21-24H,9-20H2;1-8,13-14H,9-10H2;;/q;;2*-1/p+2. The zero-order chi connectivity index (χ0) is 47.6. The Balaban J connectivity index is 0.000000299. The Morgan fingerprint density at radius 2 is 0.576 bits per heavy atom. The molecule has 2 aromatic heterocycles. The van der Waals surface area contributed by atoms with Crippen LogP contribution in [0.15, 0.2) is 122 Å². The molecule has 0 bridgehead atoms. The van der Waals surface area contributed by atoms with Crippen LogP contribution in [-0.2, 0) is 32.0 Å². The van der Waals surface area contributed by atoms with E-state index in [4.69, 9.17) is 49.4 Å². The van der Waals surface area contributed by atoms with Crippen LogP contribution in [0.25, 0.3) is 21.5 Å². The lowest BCUT2D eigenvalue weighted by Crippen LogP contribution is -2.43. The van der Waals surface area contributed by atoms with E-state index in [2.05, 4.69) is 33.4 Å². The van der Waals surface area contributed by atoms with E-state index >= 15 is 0 Å². The average Bonchev–Trinajstić information content (AvgIpc) is 3.26. The van der Waals surface area contributed by atoms with Crippen LogP contribution in [0.2, 0.25) is 0 Å². The molecule has 4 aromatic carbocycles. The molecule has 0 aliphatic carbocycles. The quantitative estimate of drug-likeness (QED) is 0.102. The van der Waals surface area contributed by atoms with Crippen molar-refractivity contribution in [3.05, 3.63) is 122 Å². The molecule has 3 heterocycles. The van der Waals surface area contributed by atoms with Crippen LogP contribution in [0, 0.1) is 0 Å². The summed E-state index contributed by atoms with van der Waals surface area (Å²) in [6.45, 7) is 7.03. The first-order valence-corrected chi connectivity index (χ1v) is 20.7. The van der Waals surface area contributed by atoms with Crippen molar-refractivity contribution in [3.63, 3.8) is 0 Å². The number of aryl methyl sites for hydroxylation is 2. The number of benzene rings is 4. The fourth-order valence-corrected chi connectivity index (χ4v) is 5.80. The van der Waals surface area contributed by atoms with Gasteiger partial charge in [0.2, 0.25) is 13.1 Å². The molecule has 4 N–H and O–H groups in total. The Labute approximate surface area is 377 Å². The third-order valence-electron chi connectivity index (χ3n) is 8.76. The van der Waals surface area contributed by atoms with E-state index in [0.717, 1.165) is 46.0 Å². The number of aromatic nitrogens is 2. The number of hydrogen-bond donors (Lipinski definition) is 2. The number of halogens is 8. The van der Waals surface area contributed by atoms with Gasteiger partial charge in [-0.3, -0.25) is 0 Å². The van der Waals surface area contributed by atoms with Crippen molar-refractivity contribution in [3.8, 4) is 23.0 Å². The molecule has 1 aliphatic rings. The van der Waals surface area contributed by atoms with Gasteiger partial charge in [-0.15, -0.1) is 0 Å².